The lowest BCUT2D eigenvalue weighted by Crippen LogP contribution is -2.16. The Morgan fingerprint density at radius 3 is 1.40 bits per heavy atom. The first-order chi connectivity index (χ1) is 13.9. The molecule has 5 heteroatoms. The van der Waals surface area contributed by atoms with Crippen LogP contribution in [0.25, 0.3) is 0 Å². The van der Waals surface area contributed by atoms with Gasteiger partial charge in [0.15, 0.2) is 5.78 Å². The molecule has 0 aliphatic carbocycles. The van der Waals surface area contributed by atoms with Crippen LogP contribution in [0.3, 0.4) is 0 Å². The predicted molar refractivity (Wildman–Crippen MR) is 131 cm³/mol. The van der Waals surface area contributed by atoms with E-state index in [0.717, 1.165) is 6.42 Å². The zero-order valence-corrected chi connectivity index (χ0v) is 21.7. The summed E-state index contributed by atoms with van der Waals surface area (Å²) in [6.07, 6.45) is 6.22. The maximum atomic E-state index is 11.1. The molecule has 0 aromatic carbocycles. The van der Waals surface area contributed by atoms with Crippen LogP contribution in [0.2, 0.25) is 0 Å². The summed E-state index contributed by atoms with van der Waals surface area (Å²) in [7, 11) is 0. The molecule has 0 atom stereocenters. The fourth-order valence-corrected chi connectivity index (χ4v) is 1.19. The molecule has 0 spiro atoms. The summed E-state index contributed by atoms with van der Waals surface area (Å²) in [5.41, 5.74) is 2.16. The zero-order chi connectivity index (χ0) is 25.3. The number of carboxylic acids is 1. The van der Waals surface area contributed by atoms with E-state index in [2.05, 4.69) is 33.8 Å². The normalized spacial score (nSPS) is 9.40. The molecule has 0 radical (unpaired) electrons. The van der Waals surface area contributed by atoms with Crippen LogP contribution >= 0.6 is 0 Å². The fourth-order valence-electron chi connectivity index (χ4n) is 1.19. The van der Waals surface area contributed by atoms with Crippen molar-refractivity contribution in [2.75, 3.05) is 6.61 Å². The second kappa shape index (κ2) is 29.3. The van der Waals surface area contributed by atoms with E-state index < -0.39 is 17.3 Å². The number of hydrogen-bond acceptors (Lipinski definition) is 4. The highest BCUT2D eigenvalue weighted by molar-refractivity contribution is 6.16. The lowest BCUT2D eigenvalue weighted by atomic mass is 10.0. The van der Waals surface area contributed by atoms with Crippen molar-refractivity contribution in [2.45, 2.75) is 102 Å². The number of carboxylic acid groups (broad SMARTS) is 1. The van der Waals surface area contributed by atoms with Gasteiger partial charge in [-0.3, -0.25) is 4.79 Å². The van der Waals surface area contributed by atoms with Gasteiger partial charge in [-0.2, -0.15) is 0 Å². The van der Waals surface area contributed by atoms with Gasteiger partial charge < -0.3 is 15.3 Å². The minimum absolute atomic E-state index is 0.0818. The molecule has 0 bridgehead atoms. The Hall–Kier alpha value is -1.88. The van der Waals surface area contributed by atoms with Crippen LogP contribution in [0.1, 0.15) is 102 Å². The van der Waals surface area contributed by atoms with Crippen LogP contribution in [0.5, 0.6) is 0 Å². The maximum absolute atomic E-state index is 11.1. The minimum Gasteiger partial charge on any atom is -0.511 e. The quantitative estimate of drug-likeness (QED) is 0.135. The van der Waals surface area contributed by atoms with Gasteiger partial charge in [-0.1, -0.05) is 78.2 Å². The average molecular weight is 431 g/mol. The van der Waals surface area contributed by atoms with Crippen molar-refractivity contribution < 1.29 is 24.9 Å². The Kier molecular flexibility index (Phi) is 37.8. The molecule has 0 fully saturated rings. The summed E-state index contributed by atoms with van der Waals surface area (Å²) in [5.74, 6) is -2.60. The molecule has 0 aromatic rings. The number of carbonyl (C=O) groups excluding carboxylic acids is 1. The van der Waals surface area contributed by atoms with Crippen LogP contribution in [-0.2, 0) is 9.59 Å². The first-order valence-corrected chi connectivity index (χ1v) is 10.9. The Labute approximate surface area is 186 Å². The maximum Gasteiger partial charge on any atom is 0.342 e. The lowest BCUT2D eigenvalue weighted by molar-refractivity contribution is -0.135. The smallest absolute Gasteiger partial charge is 0.342 e. The van der Waals surface area contributed by atoms with Crippen molar-refractivity contribution in [2.24, 2.45) is 5.92 Å². The molecule has 0 saturated carbocycles. The predicted octanol–water partition coefficient (Wildman–Crippen LogP) is 7.27. The third-order valence-electron chi connectivity index (χ3n) is 2.88. The average Bonchev–Trinajstić information content (AvgIpc) is 2.68. The Morgan fingerprint density at radius 1 is 0.900 bits per heavy atom. The van der Waals surface area contributed by atoms with Crippen LogP contribution in [0.15, 0.2) is 34.6 Å². The van der Waals surface area contributed by atoms with Gasteiger partial charge in [0.05, 0.1) is 0 Å². The lowest BCUT2D eigenvalue weighted by Gasteiger charge is -2.07. The minimum atomic E-state index is -1.36. The summed E-state index contributed by atoms with van der Waals surface area (Å²) in [6.45, 7) is 23.6. The SMILES string of the molecule is CC.CC(C)=CCCO.CC=C(C)C.CCC.CCC(=O)/C(C(=O)O)=C(\O)C(C)C. The molecule has 5 nitrogen and oxygen atoms in total. The van der Waals surface area contributed by atoms with Crippen molar-refractivity contribution in [1.29, 1.82) is 0 Å². The number of ketones is 1. The molecule has 3 N–H and O–H groups in total. The van der Waals surface area contributed by atoms with Gasteiger partial charge in [0.1, 0.15) is 11.3 Å². The van der Waals surface area contributed by atoms with Crippen LogP contribution in [0, 0.1) is 5.92 Å². The van der Waals surface area contributed by atoms with Gasteiger partial charge in [0.2, 0.25) is 0 Å². The molecule has 0 aliphatic rings. The van der Waals surface area contributed by atoms with E-state index in [1.807, 2.05) is 40.7 Å². The second-order valence-corrected chi connectivity index (χ2v) is 6.86. The van der Waals surface area contributed by atoms with Crippen LogP contribution in [-0.4, -0.2) is 33.7 Å². The molecule has 0 saturated heterocycles. The fraction of sp³-hybridized carbons (Fsp3) is 0.680. The Morgan fingerprint density at radius 2 is 1.27 bits per heavy atom. The molecule has 0 rings (SSSR count). The highest BCUT2D eigenvalue weighted by Crippen LogP contribution is 2.14. The van der Waals surface area contributed by atoms with E-state index in [1.54, 1.807) is 20.8 Å². The largest absolute Gasteiger partial charge is 0.511 e. The molecule has 0 aromatic heterocycles. The first-order valence-electron chi connectivity index (χ1n) is 10.9. The number of Topliss-reactive ketones (excluding diaryl/α,β-unsaturated/α-hetero) is 1. The summed E-state index contributed by atoms with van der Waals surface area (Å²) >= 11 is 0. The van der Waals surface area contributed by atoms with Gasteiger partial charge in [-0.25, -0.2) is 4.79 Å². The highest BCUT2D eigenvalue weighted by atomic mass is 16.4. The van der Waals surface area contributed by atoms with E-state index in [-0.39, 0.29) is 24.7 Å². The van der Waals surface area contributed by atoms with Gasteiger partial charge >= 0.3 is 5.97 Å². The Balaban J connectivity index is -0.000000103. The number of aliphatic hydroxyl groups is 2. The molecule has 0 heterocycles. The van der Waals surface area contributed by atoms with Crippen molar-refractivity contribution in [3.8, 4) is 0 Å². The number of hydrogen-bond donors (Lipinski definition) is 3. The molecule has 180 valence electrons. The van der Waals surface area contributed by atoms with Crippen molar-refractivity contribution in [3.63, 3.8) is 0 Å². The van der Waals surface area contributed by atoms with Gasteiger partial charge in [0.25, 0.3) is 0 Å². The number of aliphatic hydroxyl groups excluding tert-OH is 2. The monoisotopic (exact) mass is 430 g/mol. The molecular weight excluding hydrogens is 380 g/mol. The van der Waals surface area contributed by atoms with Crippen LogP contribution < -0.4 is 0 Å². The highest BCUT2D eigenvalue weighted by Gasteiger charge is 2.22. The number of rotatable bonds is 6. The molecule has 0 unspecified atom stereocenters. The summed E-state index contributed by atoms with van der Waals surface area (Å²) < 4.78 is 0. The van der Waals surface area contributed by atoms with Crippen molar-refractivity contribution in [1.82, 2.24) is 0 Å². The first kappa shape index (κ1) is 38.7. The molecule has 0 aliphatic heterocycles. The standard InChI is InChI=1S/C9H14O4.C6H12O.C5H10.C3H8.C2H6/c1-4-6(10)7(9(12)13)8(11)5(2)3;1-6(2)4-3-5-7;1-4-5(2)3;1-3-2;1-2/h5,11H,4H2,1-3H3,(H,12,13);4,7H,3,5H2,1-2H3;4H,1-3H3;3H2,1-2H3;1-2H3/b8-7+;;;;. The van der Waals surface area contributed by atoms with Crippen LogP contribution in [0.4, 0.5) is 0 Å². The Bertz CT molecular complexity index is 490. The zero-order valence-electron chi connectivity index (χ0n) is 21.7. The summed E-state index contributed by atoms with van der Waals surface area (Å²) in [4.78, 5) is 21.7. The topological polar surface area (TPSA) is 94.8 Å². The number of aliphatic carboxylic acids is 1. The second-order valence-electron chi connectivity index (χ2n) is 6.86. The van der Waals surface area contributed by atoms with E-state index in [1.165, 1.54) is 17.6 Å². The summed E-state index contributed by atoms with van der Waals surface area (Å²) in [5, 5.41) is 26.3. The molecule has 0 amide bonds. The third kappa shape index (κ3) is 33.7. The van der Waals surface area contributed by atoms with Gasteiger partial charge in [-0.05, 0) is 41.0 Å². The van der Waals surface area contributed by atoms with E-state index >= 15 is 0 Å². The molecule has 30 heavy (non-hydrogen) atoms. The van der Waals surface area contributed by atoms with E-state index in [4.69, 9.17) is 10.2 Å². The van der Waals surface area contributed by atoms with Crippen molar-refractivity contribution in [3.05, 3.63) is 34.6 Å². The number of carbonyl (C=O) groups is 2. The summed E-state index contributed by atoms with van der Waals surface area (Å²) in [6, 6.07) is 0. The number of allylic oxidation sites excluding steroid dienone is 4. The molecular formula is C25H50O5. The van der Waals surface area contributed by atoms with Crippen molar-refractivity contribution >= 4 is 11.8 Å². The van der Waals surface area contributed by atoms with E-state index in [9.17, 15) is 14.7 Å². The third-order valence-corrected chi connectivity index (χ3v) is 2.88. The van der Waals surface area contributed by atoms with Gasteiger partial charge in [0, 0.05) is 18.9 Å². The van der Waals surface area contributed by atoms with E-state index in [0.29, 0.717) is 0 Å². The van der Waals surface area contributed by atoms with Gasteiger partial charge in [-0.15, -0.1) is 0 Å².